The molecule has 0 saturated heterocycles. The van der Waals surface area contributed by atoms with Gasteiger partial charge in [0.1, 0.15) is 0 Å². The lowest BCUT2D eigenvalue weighted by molar-refractivity contribution is 0.182. The van der Waals surface area contributed by atoms with Crippen molar-refractivity contribution >= 4 is 15.7 Å². The van der Waals surface area contributed by atoms with Crippen molar-refractivity contribution in [3.63, 3.8) is 0 Å². The summed E-state index contributed by atoms with van der Waals surface area (Å²) in [4.78, 5) is 2.17. The van der Waals surface area contributed by atoms with Crippen LogP contribution in [0.1, 0.15) is 22.8 Å². The maximum Gasteiger partial charge on any atom is 0.240 e. The van der Waals surface area contributed by atoms with E-state index in [0.29, 0.717) is 5.56 Å². The second-order valence-electron chi connectivity index (χ2n) is 6.10. The van der Waals surface area contributed by atoms with Gasteiger partial charge in [-0.2, -0.15) is 0 Å². The fraction of sp³-hybridized carbons (Fsp3) is 0.333. The van der Waals surface area contributed by atoms with Crippen LogP contribution < -0.4 is 9.62 Å². The van der Waals surface area contributed by atoms with E-state index in [4.69, 9.17) is 0 Å². The lowest BCUT2D eigenvalue weighted by Gasteiger charge is -2.16. The van der Waals surface area contributed by atoms with Crippen molar-refractivity contribution in [2.45, 2.75) is 24.8 Å². The van der Waals surface area contributed by atoms with Crippen LogP contribution in [-0.2, 0) is 10.0 Å². The first-order valence-corrected chi connectivity index (χ1v) is 9.21. The highest BCUT2D eigenvalue weighted by Gasteiger charge is 2.17. The van der Waals surface area contributed by atoms with E-state index in [1.807, 2.05) is 45.0 Å². The Balaban J connectivity index is 2.06. The summed E-state index contributed by atoms with van der Waals surface area (Å²) in [7, 11) is 0.225. The summed E-state index contributed by atoms with van der Waals surface area (Å²) in [6.45, 7) is 3.73. The van der Waals surface area contributed by atoms with E-state index in [1.54, 1.807) is 30.3 Å². The van der Waals surface area contributed by atoms with Crippen molar-refractivity contribution < 1.29 is 13.5 Å². The normalized spacial score (nSPS) is 12.9. The lowest BCUT2D eigenvalue weighted by Crippen LogP contribution is -2.28. The van der Waals surface area contributed by atoms with Gasteiger partial charge in [0.2, 0.25) is 10.0 Å². The Labute approximate surface area is 144 Å². The number of anilines is 1. The molecule has 130 valence electrons. The third-order valence-electron chi connectivity index (χ3n) is 4.05. The number of hydrogen-bond donors (Lipinski definition) is 2. The Hall–Kier alpha value is -1.89. The van der Waals surface area contributed by atoms with Gasteiger partial charge in [0.15, 0.2) is 0 Å². The predicted molar refractivity (Wildman–Crippen MR) is 96.8 cm³/mol. The van der Waals surface area contributed by atoms with Crippen LogP contribution in [0.15, 0.2) is 47.4 Å². The van der Waals surface area contributed by atoms with Crippen molar-refractivity contribution in [1.29, 1.82) is 0 Å². The maximum atomic E-state index is 12.3. The first kappa shape index (κ1) is 18.4. The Morgan fingerprint density at radius 1 is 1.04 bits per heavy atom. The number of aryl methyl sites for hydroxylation is 2. The number of nitrogens with one attached hydrogen (secondary N) is 1. The molecular weight excluding hydrogens is 324 g/mol. The topological polar surface area (TPSA) is 69.6 Å². The molecule has 0 heterocycles. The molecule has 24 heavy (non-hydrogen) atoms. The predicted octanol–water partition coefficient (Wildman–Crippen LogP) is 2.38. The molecule has 0 fully saturated rings. The molecule has 0 radical (unpaired) electrons. The van der Waals surface area contributed by atoms with Crippen LogP contribution in [0.4, 0.5) is 5.69 Å². The zero-order chi connectivity index (χ0) is 17.9. The largest absolute Gasteiger partial charge is 0.387 e. The second-order valence-corrected chi connectivity index (χ2v) is 7.87. The highest BCUT2D eigenvalue weighted by atomic mass is 32.2. The maximum absolute atomic E-state index is 12.3. The smallest absolute Gasteiger partial charge is 0.240 e. The van der Waals surface area contributed by atoms with Gasteiger partial charge in [0.25, 0.3) is 0 Å². The Morgan fingerprint density at radius 3 is 2.21 bits per heavy atom. The molecule has 2 rings (SSSR count). The molecule has 2 aromatic carbocycles. The molecular formula is C18H24N2O3S. The van der Waals surface area contributed by atoms with E-state index in [1.165, 1.54) is 0 Å². The molecule has 5 nitrogen and oxygen atoms in total. The number of aliphatic hydroxyl groups excluding tert-OH is 1. The number of sulfonamides is 1. The van der Waals surface area contributed by atoms with E-state index < -0.39 is 16.1 Å². The molecule has 0 aromatic heterocycles. The first-order valence-electron chi connectivity index (χ1n) is 7.73. The molecule has 0 bridgehead atoms. The molecule has 1 unspecified atom stereocenters. The van der Waals surface area contributed by atoms with Gasteiger partial charge in [0, 0.05) is 26.3 Å². The van der Waals surface area contributed by atoms with Gasteiger partial charge in [0.05, 0.1) is 11.0 Å². The Bertz CT molecular complexity index is 800. The van der Waals surface area contributed by atoms with Gasteiger partial charge >= 0.3 is 0 Å². The minimum absolute atomic E-state index is 0.0728. The van der Waals surface area contributed by atoms with E-state index in [0.717, 1.165) is 16.8 Å². The minimum atomic E-state index is -3.64. The zero-order valence-electron chi connectivity index (χ0n) is 14.4. The van der Waals surface area contributed by atoms with Crippen LogP contribution in [-0.4, -0.2) is 34.2 Å². The molecule has 0 aliphatic carbocycles. The van der Waals surface area contributed by atoms with Crippen LogP contribution in [0.3, 0.4) is 0 Å². The Morgan fingerprint density at radius 2 is 1.67 bits per heavy atom. The SMILES string of the molecule is Cc1ccc(S(=O)(=O)NCC(O)c2ccc(N(C)C)cc2)cc1C. The highest BCUT2D eigenvalue weighted by molar-refractivity contribution is 7.89. The average molecular weight is 348 g/mol. The van der Waals surface area contributed by atoms with Crippen molar-refractivity contribution in [2.24, 2.45) is 0 Å². The van der Waals surface area contributed by atoms with E-state index >= 15 is 0 Å². The number of nitrogens with zero attached hydrogens (tertiary/aromatic N) is 1. The molecule has 1 atom stereocenters. The van der Waals surface area contributed by atoms with Crippen molar-refractivity contribution in [1.82, 2.24) is 4.72 Å². The quantitative estimate of drug-likeness (QED) is 0.841. The summed E-state index contributed by atoms with van der Waals surface area (Å²) >= 11 is 0. The van der Waals surface area contributed by atoms with E-state index in [2.05, 4.69) is 4.72 Å². The molecule has 0 spiro atoms. The molecule has 6 heteroatoms. The molecule has 0 aliphatic heterocycles. The van der Waals surface area contributed by atoms with Crippen molar-refractivity contribution in [3.8, 4) is 0 Å². The van der Waals surface area contributed by atoms with Gasteiger partial charge in [-0.05, 0) is 54.8 Å². The second kappa shape index (κ2) is 7.34. The summed E-state index contributed by atoms with van der Waals surface area (Å²) in [5.41, 5.74) is 3.64. The summed E-state index contributed by atoms with van der Waals surface area (Å²) in [5, 5.41) is 10.2. The van der Waals surface area contributed by atoms with Gasteiger partial charge in [-0.1, -0.05) is 18.2 Å². The Kier molecular flexibility index (Phi) is 5.64. The standard InChI is InChI=1S/C18H24N2O3S/c1-13-5-10-17(11-14(13)2)24(22,23)19-12-18(21)15-6-8-16(9-7-15)20(3)4/h5-11,18-19,21H,12H2,1-4H3. The number of hydrogen-bond acceptors (Lipinski definition) is 4. The fourth-order valence-electron chi connectivity index (χ4n) is 2.27. The monoisotopic (exact) mass is 348 g/mol. The molecule has 2 aromatic rings. The highest BCUT2D eigenvalue weighted by Crippen LogP contribution is 2.19. The number of aliphatic hydroxyl groups is 1. The molecule has 2 N–H and O–H groups in total. The fourth-order valence-corrected chi connectivity index (χ4v) is 3.39. The van der Waals surface area contributed by atoms with Crippen molar-refractivity contribution in [2.75, 3.05) is 25.5 Å². The summed E-state index contributed by atoms with van der Waals surface area (Å²) < 4.78 is 27.2. The summed E-state index contributed by atoms with van der Waals surface area (Å²) in [6.07, 6.45) is -0.900. The van der Waals surface area contributed by atoms with E-state index in [-0.39, 0.29) is 11.4 Å². The molecule has 0 amide bonds. The van der Waals surface area contributed by atoms with Crippen molar-refractivity contribution in [3.05, 3.63) is 59.2 Å². The summed E-state index contributed by atoms with van der Waals surface area (Å²) in [5.74, 6) is 0. The van der Waals surface area contributed by atoms with Gasteiger partial charge in [-0.3, -0.25) is 0 Å². The first-order chi connectivity index (χ1) is 11.2. The third-order valence-corrected chi connectivity index (χ3v) is 5.47. The van der Waals surface area contributed by atoms with Crippen LogP contribution in [0.25, 0.3) is 0 Å². The van der Waals surface area contributed by atoms with Gasteiger partial charge < -0.3 is 10.0 Å². The third kappa shape index (κ3) is 4.35. The minimum Gasteiger partial charge on any atom is -0.387 e. The van der Waals surface area contributed by atoms with Crippen LogP contribution in [0.2, 0.25) is 0 Å². The lowest BCUT2D eigenvalue weighted by atomic mass is 10.1. The van der Waals surface area contributed by atoms with Gasteiger partial charge in [-0.25, -0.2) is 13.1 Å². The molecule has 0 aliphatic rings. The van der Waals surface area contributed by atoms with E-state index in [9.17, 15) is 13.5 Å². The zero-order valence-corrected chi connectivity index (χ0v) is 15.3. The average Bonchev–Trinajstić information content (AvgIpc) is 2.55. The summed E-state index contributed by atoms with van der Waals surface area (Å²) in [6, 6.07) is 12.3. The number of benzene rings is 2. The van der Waals surface area contributed by atoms with Crippen LogP contribution in [0, 0.1) is 13.8 Å². The molecule has 0 saturated carbocycles. The van der Waals surface area contributed by atoms with Gasteiger partial charge in [-0.15, -0.1) is 0 Å². The number of rotatable bonds is 6. The van der Waals surface area contributed by atoms with Crippen LogP contribution in [0.5, 0.6) is 0 Å². The van der Waals surface area contributed by atoms with Crippen LogP contribution >= 0.6 is 0 Å².